The van der Waals surface area contributed by atoms with E-state index < -0.39 is 0 Å². The van der Waals surface area contributed by atoms with Gasteiger partial charge in [0.1, 0.15) is 6.04 Å². The third-order valence-corrected chi connectivity index (χ3v) is 5.20. The molecule has 4 rings (SSSR count). The van der Waals surface area contributed by atoms with Crippen LogP contribution in [0.5, 0.6) is 0 Å². The Morgan fingerprint density at radius 1 is 1.32 bits per heavy atom. The van der Waals surface area contributed by atoms with Crippen molar-refractivity contribution < 1.29 is 9.90 Å². The molecule has 1 aromatic heterocycles. The topological polar surface area (TPSA) is 98.3 Å². The van der Waals surface area contributed by atoms with Crippen molar-refractivity contribution in [3.63, 3.8) is 0 Å². The molecular formula is C18H23N5O2. The molecule has 2 aromatic rings. The predicted molar refractivity (Wildman–Crippen MR) is 94.0 cm³/mol. The number of hydrogen-bond donors (Lipinski definition) is 5. The zero-order valence-electron chi connectivity index (χ0n) is 14.1. The van der Waals surface area contributed by atoms with Gasteiger partial charge in [0.15, 0.2) is 0 Å². The lowest BCUT2D eigenvalue weighted by molar-refractivity contribution is -0.125. The van der Waals surface area contributed by atoms with E-state index in [9.17, 15) is 9.90 Å². The lowest BCUT2D eigenvalue weighted by atomic mass is 9.75. The second-order valence-electron chi connectivity index (χ2n) is 7.01. The highest BCUT2D eigenvalue weighted by Crippen LogP contribution is 2.38. The number of hydrogen-bond acceptors (Lipinski definition) is 6. The van der Waals surface area contributed by atoms with E-state index >= 15 is 0 Å². The Bertz CT molecular complexity index is 777. The van der Waals surface area contributed by atoms with Gasteiger partial charge in [-0.2, -0.15) is 5.53 Å². The zero-order valence-corrected chi connectivity index (χ0v) is 14.1. The molecule has 1 amide bonds. The Hall–Kier alpha value is -2.06. The van der Waals surface area contributed by atoms with Crippen molar-refractivity contribution in [2.75, 3.05) is 0 Å². The second kappa shape index (κ2) is 6.68. The fourth-order valence-corrected chi connectivity index (χ4v) is 3.61. The number of carbonyl (C=O) groups is 1. The van der Waals surface area contributed by atoms with E-state index in [2.05, 4.69) is 32.8 Å². The number of fused-ring (bicyclic) bond motifs is 1. The number of pyridine rings is 1. The van der Waals surface area contributed by atoms with Gasteiger partial charge in [-0.25, -0.2) is 10.9 Å². The predicted octanol–water partition coefficient (Wildman–Crippen LogP) is 0.533. The lowest BCUT2D eigenvalue weighted by Crippen LogP contribution is -2.50. The number of benzene rings is 1. The van der Waals surface area contributed by atoms with Gasteiger partial charge in [-0.1, -0.05) is 18.2 Å². The van der Waals surface area contributed by atoms with Crippen molar-refractivity contribution >= 4 is 16.8 Å². The second-order valence-corrected chi connectivity index (χ2v) is 7.01. The SMILES string of the molecule is CC1NNNC1C(=O)NC(c1cnc2ccccc2c1)C1CC(O)C1. The molecular weight excluding hydrogens is 318 g/mol. The summed E-state index contributed by atoms with van der Waals surface area (Å²) in [7, 11) is 0. The number of amides is 1. The van der Waals surface area contributed by atoms with Gasteiger partial charge >= 0.3 is 0 Å². The van der Waals surface area contributed by atoms with Gasteiger partial charge in [-0.15, -0.1) is 0 Å². The van der Waals surface area contributed by atoms with Crippen molar-refractivity contribution in [2.45, 2.75) is 44.0 Å². The molecule has 1 saturated carbocycles. The highest BCUT2D eigenvalue weighted by Gasteiger charge is 2.38. The van der Waals surface area contributed by atoms with Crippen LogP contribution >= 0.6 is 0 Å². The summed E-state index contributed by atoms with van der Waals surface area (Å²) in [5.74, 6) is 0.157. The summed E-state index contributed by atoms with van der Waals surface area (Å²) in [5.41, 5.74) is 10.6. The summed E-state index contributed by atoms with van der Waals surface area (Å²) in [4.78, 5) is 17.2. The largest absolute Gasteiger partial charge is 0.393 e. The summed E-state index contributed by atoms with van der Waals surface area (Å²) >= 11 is 0. The molecule has 1 aliphatic carbocycles. The van der Waals surface area contributed by atoms with Crippen LogP contribution in [0.2, 0.25) is 0 Å². The minimum atomic E-state index is -0.346. The van der Waals surface area contributed by atoms with Crippen LogP contribution in [0.3, 0.4) is 0 Å². The van der Waals surface area contributed by atoms with Gasteiger partial charge in [0.25, 0.3) is 0 Å². The van der Waals surface area contributed by atoms with Gasteiger partial charge in [-0.3, -0.25) is 9.78 Å². The summed E-state index contributed by atoms with van der Waals surface area (Å²) in [6.45, 7) is 1.94. The maximum Gasteiger partial charge on any atom is 0.240 e. The fourth-order valence-electron chi connectivity index (χ4n) is 3.61. The first-order valence-electron chi connectivity index (χ1n) is 8.71. The number of para-hydroxylation sites is 1. The maximum atomic E-state index is 12.7. The van der Waals surface area contributed by atoms with E-state index in [1.54, 1.807) is 0 Å². The molecule has 0 radical (unpaired) electrons. The number of hydrazine groups is 2. The number of aliphatic hydroxyl groups excluding tert-OH is 1. The van der Waals surface area contributed by atoms with Crippen LogP contribution in [-0.4, -0.2) is 34.2 Å². The first kappa shape index (κ1) is 16.4. The van der Waals surface area contributed by atoms with Crippen LogP contribution in [0.4, 0.5) is 0 Å². The van der Waals surface area contributed by atoms with Crippen molar-refractivity contribution in [2.24, 2.45) is 5.92 Å². The molecule has 7 heteroatoms. The fraction of sp³-hybridized carbons (Fsp3) is 0.444. The molecule has 2 fully saturated rings. The molecule has 1 aromatic carbocycles. The van der Waals surface area contributed by atoms with Gasteiger partial charge < -0.3 is 10.4 Å². The minimum Gasteiger partial charge on any atom is -0.393 e. The Balaban J connectivity index is 1.59. The molecule has 0 bridgehead atoms. The van der Waals surface area contributed by atoms with Crippen molar-refractivity contribution in [3.8, 4) is 0 Å². The van der Waals surface area contributed by atoms with Crippen molar-refractivity contribution in [1.82, 2.24) is 26.7 Å². The van der Waals surface area contributed by atoms with Crippen LogP contribution in [0.15, 0.2) is 36.5 Å². The summed E-state index contributed by atoms with van der Waals surface area (Å²) in [6, 6.07) is 9.52. The molecule has 25 heavy (non-hydrogen) atoms. The smallest absolute Gasteiger partial charge is 0.240 e. The Morgan fingerprint density at radius 2 is 2.12 bits per heavy atom. The number of rotatable bonds is 4. The van der Waals surface area contributed by atoms with Crippen LogP contribution in [0, 0.1) is 5.92 Å². The summed E-state index contributed by atoms with van der Waals surface area (Å²) in [6.07, 6.45) is 2.95. The third kappa shape index (κ3) is 3.23. The molecule has 1 aliphatic heterocycles. The number of carbonyl (C=O) groups excluding carboxylic acids is 1. The molecule has 132 valence electrons. The molecule has 3 atom stereocenters. The van der Waals surface area contributed by atoms with E-state index in [1.165, 1.54) is 0 Å². The molecule has 0 spiro atoms. The maximum absolute atomic E-state index is 12.7. The van der Waals surface area contributed by atoms with Crippen LogP contribution in [0.1, 0.15) is 31.4 Å². The Labute approximate surface area is 146 Å². The van der Waals surface area contributed by atoms with Crippen LogP contribution in [-0.2, 0) is 4.79 Å². The van der Waals surface area contributed by atoms with Crippen molar-refractivity contribution in [3.05, 3.63) is 42.1 Å². The first-order valence-corrected chi connectivity index (χ1v) is 8.71. The standard InChI is InChI=1S/C18H23N5O2/c1-10-16(22-23-21-10)18(25)20-17(12-7-14(24)8-12)13-6-11-4-2-3-5-15(11)19-9-13/h2-6,9-10,12,14,16-17,21-24H,7-8H2,1H3,(H,20,25). The number of nitrogens with zero attached hydrogens (tertiary/aromatic N) is 1. The number of nitrogens with one attached hydrogen (secondary N) is 4. The highest BCUT2D eigenvalue weighted by atomic mass is 16.3. The van der Waals surface area contributed by atoms with Crippen LogP contribution in [0.25, 0.3) is 10.9 Å². The quantitative estimate of drug-likeness (QED) is 0.557. The first-order chi connectivity index (χ1) is 12.1. The van der Waals surface area contributed by atoms with Gasteiger partial charge in [0, 0.05) is 17.6 Å². The monoisotopic (exact) mass is 341 g/mol. The summed E-state index contributed by atoms with van der Waals surface area (Å²) < 4.78 is 0. The van der Waals surface area contributed by atoms with E-state index in [0.717, 1.165) is 16.5 Å². The average Bonchev–Trinajstić information content (AvgIpc) is 3.03. The molecule has 3 unspecified atom stereocenters. The van der Waals surface area contributed by atoms with Crippen LogP contribution < -0.4 is 21.7 Å². The number of aliphatic hydroxyl groups is 1. The van der Waals surface area contributed by atoms with Gasteiger partial charge in [0.2, 0.25) is 5.91 Å². The Morgan fingerprint density at radius 3 is 2.84 bits per heavy atom. The summed E-state index contributed by atoms with van der Waals surface area (Å²) in [5, 5.41) is 13.9. The molecule has 1 saturated heterocycles. The van der Waals surface area contributed by atoms with E-state index in [-0.39, 0.29) is 36.1 Å². The minimum absolute atomic E-state index is 0.0117. The normalized spacial score (nSPS) is 30.0. The third-order valence-electron chi connectivity index (χ3n) is 5.20. The van der Waals surface area contributed by atoms with Gasteiger partial charge in [0.05, 0.1) is 17.7 Å². The highest BCUT2D eigenvalue weighted by molar-refractivity contribution is 5.83. The average molecular weight is 341 g/mol. The zero-order chi connectivity index (χ0) is 17.4. The molecule has 2 heterocycles. The van der Waals surface area contributed by atoms with Gasteiger partial charge in [-0.05, 0) is 43.4 Å². The molecule has 2 aliphatic rings. The Kier molecular flexibility index (Phi) is 4.39. The van der Waals surface area contributed by atoms with E-state index in [4.69, 9.17) is 0 Å². The number of aromatic nitrogens is 1. The molecule has 5 N–H and O–H groups in total. The van der Waals surface area contributed by atoms with E-state index in [0.29, 0.717) is 12.8 Å². The molecule has 7 nitrogen and oxygen atoms in total. The van der Waals surface area contributed by atoms with E-state index in [1.807, 2.05) is 37.4 Å². The van der Waals surface area contributed by atoms with Crippen molar-refractivity contribution in [1.29, 1.82) is 0 Å². The lowest BCUT2D eigenvalue weighted by Gasteiger charge is -2.38.